The highest BCUT2D eigenvalue weighted by atomic mass is 32.1. The Morgan fingerprint density at radius 2 is 1.72 bits per heavy atom. The summed E-state index contributed by atoms with van der Waals surface area (Å²) < 4.78 is 16.5. The molecule has 190 valence electrons. The fourth-order valence-electron chi connectivity index (χ4n) is 2.99. The van der Waals surface area contributed by atoms with Crippen LogP contribution in [-0.4, -0.2) is 59.5 Å². The Kier molecular flexibility index (Phi) is 8.96. The molecule has 0 aliphatic carbocycles. The molecule has 0 fully saturated rings. The Labute approximate surface area is 213 Å². The molecule has 0 atom stereocenters. The molecular weight excluding hydrogens is 484 g/mol. The average Bonchev–Trinajstić information content (AvgIpc) is 3.25. The Balaban J connectivity index is 1.78. The topological polar surface area (TPSA) is 120 Å². The maximum Gasteiger partial charge on any atom is 0.311 e. The number of esters is 1. The maximum atomic E-state index is 13.0. The van der Waals surface area contributed by atoms with Gasteiger partial charge in [0.05, 0.1) is 30.4 Å². The highest BCUT2D eigenvalue weighted by Gasteiger charge is 2.16. The Hall–Kier alpha value is -3.99. The molecule has 3 rings (SSSR count). The van der Waals surface area contributed by atoms with Crippen LogP contribution in [0.4, 0.5) is 5.13 Å². The SMILES string of the molecule is CCOC(=O)Cc1csc(NC(=O)c2cc(Oc3ccc(C(=O)N(C)C)cc3)nc(OC(C)C)c2)n1. The molecular formula is C25H28N4O6S. The number of hydrogen-bond acceptors (Lipinski definition) is 9. The summed E-state index contributed by atoms with van der Waals surface area (Å²) in [6.07, 6.45) is -0.150. The smallest absolute Gasteiger partial charge is 0.311 e. The lowest BCUT2D eigenvalue weighted by Gasteiger charge is -2.13. The number of benzene rings is 1. The second kappa shape index (κ2) is 12.1. The van der Waals surface area contributed by atoms with Gasteiger partial charge in [-0.2, -0.15) is 4.98 Å². The van der Waals surface area contributed by atoms with Gasteiger partial charge in [-0.15, -0.1) is 11.3 Å². The predicted octanol–water partition coefficient (Wildman–Crippen LogP) is 4.18. The van der Waals surface area contributed by atoms with E-state index in [2.05, 4.69) is 15.3 Å². The Morgan fingerprint density at radius 1 is 1.03 bits per heavy atom. The fraction of sp³-hybridized carbons (Fsp3) is 0.320. The molecule has 2 aromatic heterocycles. The molecule has 11 heteroatoms. The third-order valence-corrected chi connectivity index (χ3v) is 5.34. The first-order valence-corrected chi connectivity index (χ1v) is 12.1. The van der Waals surface area contributed by atoms with Gasteiger partial charge in [0, 0.05) is 37.2 Å². The van der Waals surface area contributed by atoms with Crippen molar-refractivity contribution in [2.24, 2.45) is 0 Å². The van der Waals surface area contributed by atoms with Crippen molar-refractivity contribution in [3.05, 3.63) is 58.6 Å². The zero-order valence-corrected chi connectivity index (χ0v) is 21.5. The van der Waals surface area contributed by atoms with Crippen LogP contribution < -0.4 is 14.8 Å². The summed E-state index contributed by atoms with van der Waals surface area (Å²) in [5.74, 6) is -0.153. The number of anilines is 1. The van der Waals surface area contributed by atoms with Crippen molar-refractivity contribution in [1.82, 2.24) is 14.9 Å². The fourth-order valence-corrected chi connectivity index (χ4v) is 3.69. The lowest BCUT2D eigenvalue weighted by atomic mass is 10.2. The van der Waals surface area contributed by atoms with Crippen LogP contribution >= 0.6 is 11.3 Å². The van der Waals surface area contributed by atoms with Crippen LogP contribution in [0.15, 0.2) is 41.8 Å². The molecule has 0 bridgehead atoms. The van der Waals surface area contributed by atoms with Crippen molar-refractivity contribution in [2.45, 2.75) is 33.3 Å². The first-order valence-electron chi connectivity index (χ1n) is 11.2. The third kappa shape index (κ3) is 7.51. The number of carbonyl (C=O) groups excluding carboxylic acids is 3. The monoisotopic (exact) mass is 512 g/mol. The van der Waals surface area contributed by atoms with E-state index in [4.69, 9.17) is 14.2 Å². The van der Waals surface area contributed by atoms with Gasteiger partial charge in [0.25, 0.3) is 11.8 Å². The Morgan fingerprint density at radius 3 is 2.36 bits per heavy atom. The van der Waals surface area contributed by atoms with E-state index in [0.717, 1.165) is 0 Å². The van der Waals surface area contributed by atoms with Gasteiger partial charge in [-0.3, -0.25) is 19.7 Å². The predicted molar refractivity (Wildman–Crippen MR) is 135 cm³/mol. The van der Waals surface area contributed by atoms with Crippen LogP contribution in [0.3, 0.4) is 0 Å². The minimum Gasteiger partial charge on any atom is -0.475 e. The standard InChI is InChI=1S/C25H28N4O6S/c1-6-33-22(30)13-18-14-36-25(26-18)28-23(31)17-11-20(34-15(2)3)27-21(12-17)35-19-9-7-16(8-10-19)24(32)29(4)5/h7-12,14-15H,6,13H2,1-5H3,(H,26,28,31). The number of thiazole rings is 1. The van der Waals surface area contributed by atoms with Gasteiger partial charge in [0.15, 0.2) is 5.13 Å². The molecule has 3 aromatic rings. The molecule has 36 heavy (non-hydrogen) atoms. The van der Waals surface area contributed by atoms with Crippen LogP contribution in [0.5, 0.6) is 17.5 Å². The maximum absolute atomic E-state index is 13.0. The van der Waals surface area contributed by atoms with Gasteiger partial charge in [-0.05, 0) is 45.0 Å². The van der Waals surface area contributed by atoms with Gasteiger partial charge < -0.3 is 19.1 Å². The van der Waals surface area contributed by atoms with E-state index in [9.17, 15) is 14.4 Å². The number of nitrogens with zero attached hydrogens (tertiary/aromatic N) is 3. The zero-order valence-electron chi connectivity index (χ0n) is 20.7. The quantitative estimate of drug-likeness (QED) is 0.402. The van der Waals surface area contributed by atoms with Gasteiger partial charge in [-0.25, -0.2) is 4.98 Å². The van der Waals surface area contributed by atoms with Crippen LogP contribution in [-0.2, 0) is 16.0 Å². The van der Waals surface area contributed by atoms with Gasteiger partial charge in [0.1, 0.15) is 5.75 Å². The van der Waals surface area contributed by atoms with Crippen molar-refractivity contribution in [2.75, 3.05) is 26.0 Å². The van der Waals surface area contributed by atoms with E-state index in [0.29, 0.717) is 22.1 Å². The van der Waals surface area contributed by atoms with Crippen molar-refractivity contribution in [3.8, 4) is 17.5 Å². The van der Waals surface area contributed by atoms with Crippen LogP contribution in [0, 0.1) is 0 Å². The number of amides is 2. The summed E-state index contributed by atoms with van der Waals surface area (Å²) in [4.78, 5) is 46.8. The molecule has 0 aliphatic heterocycles. The molecule has 0 radical (unpaired) electrons. The van der Waals surface area contributed by atoms with Gasteiger partial charge >= 0.3 is 5.97 Å². The van der Waals surface area contributed by atoms with Crippen molar-refractivity contribution in [3.63, 3.8) is 0 Å². The second-order valence-corrected chi connectivity index (χ2v) is 8.96. The van der Waals surface area contributed by atoms with Gasteiger partial charge in [-0.1, -0.05) is 0 Å². The lowest BCUT2D eigenvalue weighted by molar-refractivity contribution is -0.142. The minimum atomic E-state index is -0.445. The molecule has 10 nitrogen and oxygen atoms in total. The summed E-state index contributed by atoms with van der Waals surface area (Å²) in [6.45, 7) is 5.71. The average molecular weight is 513 g/mol. The second-order valence-electron chi connectivity index (χ2n) is 8.10. The van der Waals surface area contributed by atoms with Crippen LogP contribution in [0.1, 0.15) is 47.2 Å². The van der Waals surface area contributed by atoms with Crippen molar-refractivity contribution < 1.29 is 28.6 Å². The number of carbonyl (C=O) groups is 3. The first-order chi connectivity index (χ1) is 17.1. The molecule has 1 N–H and O–H groups in total. The summed E-state index contributed by atoms with van der Waals surface area (Å²) in [5.41, 5.74) is 1.27. The molecule has 0 unspecified atom stereocenters. The van der Waals surface area contributed by atoms with Crippen molar-refractivity contribution in [1.29, 1.82) is 0 Å². The van der Waals surface area contributed by atoms with Crippen LogP contribution in [0.2, 0.25) is 0 Å². The third-order valence-electron chi connectivity index (χ3n) is 4.53. The zero-order chi connectivity index (χ0) is 26.2. The molecule has 0 aliphatic rings. The molecule has 0 spiro atoms. The summed E-state index contributed by atoms with van der Waals surface area (Å²) >= 11 is 1.20. The highest BCUT2D eigenvalue weighted by Crippen LogP contribution is 2.26. The van der Waals surface area contributed by atoms with Crippen molar-refractivity contribution >= 4 is 34.3 Å². The number of aromatic nitrogens is 2. The number of hydrogen-bond donors (Lipinski definition) is 1. The van der Waals surface area contributed by atoms with E-state index in [-0.39, 0.29) is 48.3 Å². The largest absolute Gasteiger partial charge is 0.475 e. The van der Waals surface area contributed by atoms with E-state index in [1.54, 1.807) is 50.7 Å². The summed E-state index contributed by atoms with van der Waals surface area (Å²) in [6, 6.07) is 9.58. The normalized spacial score (nSPS) is 10.6. The van der Waals surface area contributed by atoms with E-state index >= 15 is 0 Å². The molecule has 0 saturated heterocycles. The molecule has 0 saturated carbocycles. The molecule has 2 heterocycles. The number of ether oxygens (including phenoxy) is 3. The number of nitrogens with one attached hydrogen (secondary N) is 1. The lowest BCUT2D eigenvalue weighted by Crippen LogP contribution is -2.21. The van der Waals surface area contributed by atoms with E-state index < -0.39 is 5.91 Å². The highest BCUT2D eigenvalue weighted by molar-refractivity contribution is 7.14. The number of pyridine rings is 1. The minimum absolute atomic E-state index is 0.0266. The Bertz CT molecular complexity index is 1220. The van der Waals surface area contributed by atoms with E-state index in [1.165, 1.54) is 28.4 Å². The molecule has 2 amide bonds. The number of rotatable bonds is 10. The molecule has 1 aromatic carbocycles. The van der Waals surface area contributed by atoms with E-state index in [1.807, 2.05) is 13.8 Å². The first kappa shape index (κ1) is 26.6. The van der Waals surface area contributed by atoms with Crippen LogP contribution in [0.25, 0.3) is 0 Å². The summed E-state index contributed by atoms with van der Waals surface area (Å²) in [5, 5.41) is 4.75. The summed E-state index contributed by atoms with van der Waals surface area (Å²) in [7, 11) is 3.35. The van der Waals surface area contributed by atoms with Gasteiger partial charge in [0.2, 0.25) is 11.8 Å².